The number of hydrogen-bond acceptors (Lipinski definition) is 4. The number of benzene rings is 1. The molecule has 118 valence electrons. The Kier molecular flexibility index (Phi) is 5.03. The van der Waals surface area contributed by atoms with Gasteiger partial charge in [-0.05, 0) is 43.5 Å². The predicted octanol–water partition coefficient (Wildman–Crippen LogP) is 1.11. The van der Waals surface area contributed by atoms with Gasteiger partial charge in [-0.3, -0.25) is 4.90 Å². The van der Waals surface area contributed by atoms with Gasteiger partial charge in [-0.2, -0.15) is 0 Å². The Morgan fingerprint density at radius 3 is 2.43 bits per heavy atom. The summed E-state index contributed by atoms with van der Waals surface area (Å²) >= 11 is 0. The van der Waals surface area contributed by atoms with Crippen molar-refractivity contribution < 1.29 is 8.42 Å². The SMILES string of the molecule is CC(N)C1CCN(Cc2ccc(S(=O)(=O)N(C)C)cc2)C1. The summed E-state index contributed by atoms with van der Waals surface area (Å²) in [6.07, 6.45) is 1.14. The van der Waals surface area contributed by atoms with Gasteiger partial charge in [-0.25, -0.2) is 12.7 Å². The predicted molar refractivity (Wildman–Crippen MR) is 84.3 cm³/mol. The van der Waals surface area contributed by atoms with Crippen LogP contribution in [0, 0.1) is 5.92 Å². The molecule has 1 heterocycles. The molecule has 0 aliphatic carbocycles. The van der Waals surface area contributed by atoms with Crippen LogP contribution in [0.4, 0.5) is 0 Å². The molecule has 0 saturated carbocycles. The topological polar surface area (TPSA) is 66.6 Å². The molecule has 1 aromatic rings. The van der Waals surface area contributed by atoms with Gasteiger partial charge in [-0.15, -0.1) is 0 Å². The van der Waals surface area contributed by atoms with E-state index in [1.165, 1.54) is 4.31 Å². The van der Waals surface area contributed by atoms with Gasteiger partial charge in [-0.1, -0.05) is 12.1 Å². The number of nitrogens with zero attached hydrogens (tertiary/aromatic N) is 2. The summed E-state index contributed by atoms with van der Waals surface area (Å²) in [4.78, 5) is 2.72. The molecule has 0 bridgehead atoms. The maximum Gasteiger partial charge on any atom is 0.242 e. The van der Waals surface area contributed by atoms with Crippen LogP contribution in [0.1, 0.15) is 18.9 Å². The van der Waals surface area contributed by atoms with E-state index in [4.69, 9.17) is 5.73 Å². The largest absolute Gasteiger partial charge is 0.328 e. The van der Waals surface area contributed by atoms with Crippen molar-refractivity contribution in [1.82, 2.24) is 9.21 Å². The molecule has 1 fully saturated rings. The molecule has 6 heteroatoms. The van der Waals surface area contributed by atoms with E-state index in [2.05, 4.69) is 11.8 Å². The molecule has 21 heavy (non-hydrogen) atoms. The van der Waals surface area contributed by atoms with Gasteiger partial charge in [0.05, 0.1) is 4.90 Å². The Morgan fingerprint density at radius 2 is 1.95 bits per heavy atom. The van der Waals surface area contributed by atoms with Crippen molar-refractivity contribution in [3.05, 3.63) is 29.8 Å². The first-order valence-electron chi connectivity index (χ1n) is 7.30. The Bertz CT molecular complexity index is 567. The lowest BCUT2D eigenvalue weighted by atomic mass is 10.0. The van der Waals surface area contributed by atoms with Crippen LogP contribution in [-0.2, 0) is 16.6 Å². The fourth-order valence-corrected chi connectivity index (χ4v) is 3.57. The lowest BCUT2D eigenvalue weighted by molar-refractivity contribution is 0.308. The lowest BCUT2D eigenvalue weighted by Crippen LogP contribution is -2.29. The first-order valence-corrected chi connectivity index (χ1v) is 8.74. The molecule has 1 aliphatic rings. The molecule has 0 amide bonds. The summed E-state index contributed by atoms with van der Waals surface area (Å²) in [5.74, 6) is 0.568. The summed E-state index contributed by atoms with van der Waals surface area (Å²) in [6, 6.07) is 7.40. The van der Waals surface area contributed by atoms with E-state index in [1.807, 2.05) is 12.1 Å². The second-order valence-corrected chi connectivity index (χ2v) is 8.23. The highest BCUT2D eigenvalue weighted by atomic mass is 32.2. The second kappa shape index (κ2) is 6.44. The quantitative estimate of drug-likeness (QED) is 0.884. The van der Waals surface area contributed by atoms with E-state index in [9.17, 15) is 8.42 Å². The van der Waals surface area contributed by atoms with E-state index >= 15 is 0 Å². The number of nitrogens with two attached hydrogens (primary N) is 1. The van der Waals surface area contributed by atoms with Gasteiger partial charge in [0.2, 0.25) is 10.0 Å². The average molecular weight is 311 g/mol. The molecular formula is C15H25N3O2S. The van der Waals surface area contributed by atoms with Crippen LogP contribution in [0.15, 0.2) is 29.2 Å². The first-order chi connectivity index (χ1) is 9.80. The highest BCUT2D eigenvalue weighted by Gasteiger charge is 2.25. The maximum absolute atomic E-state index is 12.0. The zero-order chi connectivity index (χ0) is 15.6. The molecular weight excluding hydrogens is 286 g/mol. The third kappa shape index (κ3) is 3.83. The van der Waals surface area contributed by atoms with Gasteiger partial charge in [0.15, 0.2) is 0 Å². The van der Waals surface area contributed by atoms with Crippen LogP contribution in [0.25, 0.3) is 0 Å². The zero-order valence-electron chi connectivity index (χ0n) is 13.0. The minimum Gasteiger partial charge on any atom is -0.328 e. The second-order valence-electron chi connectivity index (χ2n) is 6.07. The monoisotopic (exact) mass is 311 g/mol. The van der Waals surface area contributed by atoms with Crippen LogP contribution in [0.2, 0.25) is 0 Å². The molecule has 1 aromatic carbocycles. The van der Waals surface area contributed by atoms with E-state index < -0.39 is 10.0 Å². The minimum atomic E-state index is -3.34. The minimum absolute atomic E-state index is 0.239. The first kappa shape index (κ1) is 16.4. The highest BCUT2D eigenvalue weighted by molar-refractivity contribution is 7.89. The van der Waals surface area contributed by atoms with E-state index in [0.29, 0.717) is 10.8 Å². The fourth-order valence-electron chi connectivity index (χ4n) is 2.67. The van der Waals surface area contributed by atoms with Crippen molar-refractivity contribution in [1.29, 1.82) is 0 Å². The Balaban J connectivity index is 2.01. The lowest BCUT2D eigenvalue weighted by Gasteiger charge is -2.18. The Hall–Kier alpha value is -0.950. The standard InChI is InChI=1S/C15H25N3O2S/c1-12(16)14-8-9-18(11-14)10-13-4-6-15(7-5-13)21(19,20)17(2)3/h4-7,12,14H,8-11,16H2,1-3H3. The van der Waals surface area contributed by atoms with Crippen molar-refractivity contribution in [3.8, 4) is 0 Å². The molecule has 2 atom stereocenters. The Morgan fingerprint density at radius 1 is 1.33 bits per heavy atom. The Labute approximate surface area is 127 Å². The molecule has 1 aliphatic heterocycles. The summed E-state index contributed by atoms with van der Waals surface area (Å²) < 4.78 is 25.2. The number of hydrogen-bond donors (Lipinski definition) is 1. The summed E-state index contributed by atoms with van der Waals surface area (Å²) in [7, 11) is -0.251. The van der Waals surface area contributed by atoms with Crippen molar-refractivity contribution in [2.75, 3.05) is 27.2 Å². The molecule has 2 N–H and O–H groups in total. The number of likely N-dealkylation sites (tertiary alicyclic amines) is 1. The van der Waals surface area contributed by atoms with Crippen LogP contribution in [-0.4, -0.2) is 50.8 Å². The van der Waals surface area contributed by atoms with E-state index in [0.717, 1.165) is 31.6 Å². The molecule has 0 radical (unpaired) electrons. The van der Waals surface area contributed by atoms with Crippen molar-refractivity contribution in [2.45, 2.75) is 30.8 Å². The summed E-state index contributed by atoms with van der Waals surface area (Å²) in [5.41, 5.74) is 7.09. The van der Waals surface area contributed by atoms with E-state index in [1.54, 1.807) is 26.2 Å². The maximum atomic E-state index is 12.0. The molecule has 5 nitrogen and oxygen atoms in total. The molecule has 2 rings (SSSR count). The van der Waals surface area contributed by atoms with Crippen LogP contribution < -0.4 is 5.73 Å². The summed E-state index contributed by atoms with van der Waals surface area (Å²) in [6.45, 7) is 5.00. The summed E-state index contributed by atoms with van der Waals surface area (Å²) in [5, 5.41) is 0. The molecule has 1 saturated heterocycles. The normalized spacial score (nSPS) is 21.9. The molecule has 2 unspecified atom stereocenters. The van der Waals surface area contributed by atoms with Crippen LogP contribution in [0.3, 0.4) is 0 Å². The van der Waals surface area contributed by atoms with Gasteiger partial charge in [0.25, 0.3) is 0 Å². The fraction of sp³-hybridized carbons (Fsp3) is 0.600. The van der Waals surface area contributed by atoms with E-state index in [-0.39, 0.29) is 6.04 Å². The van der Waals surface area contributed by atoms with Gasteiger partial charge < -0.3 is 5.73 Å². The van der Waals surface area contributed by atoms with Gasteiger partial charge in [0, 0.05) is 33.2 Å². The average Bonchev–Trinajstić information content (AvgIpc) is 2.88. The molecule has 0 aromatic heterocycles. The van der Waals surface area contributed by atoms with Crippen molar-refractivity contribution in [3.63, 3.8) is 0 Å². The van der Waals surface area contributed by atoms with Crippen LogP contribution >= 0.6 is 0 Å². The van der Waals surface area contributed by atoms with Gasteiger partial charge >= 0.3 is 0 Å². The number of rotatable bonds is 5. The third-order valence-electron chi connectivity index (χ3n) is 4.16. The van der Waals surface area contributed by atoms with Gasteiger partial charge in [0.1, 0.15) is 0 Å². The van der Waals surface area contributed by atoms with Crippen molar-refractivity contribution >= 4 is 10.0 Å². The molecule has 0 spiro atoms. The van der Waals surface area contributed by atoms with Crippen LogP contribution in [0.5, 0.6) is 0 Å². The number of sulfonamides is 1. The van der Waals surface area contributed by atoms with Crippen molar-refractivity contribution in [2.24, 2.45) is 11.7 Å². The third-order valence-corrected chi connectivity index (χ3v) is 5.99. The highest BCUT2D eigenvalue weighted by Crippen LogP contribution is 2.21. The smallest absolute Gasteiger partial charge is 0.242 e. The zero-order valence-corrected chi connectivity index (χ0v) is 13.8.